The van der Waals surface area contributed by atoms with Gasteiger partial charge in [0.15, 0.2) is 0 Å². The molecule has 1 aliphatic heterocycles. The summed E-state index contributed by atoms with van der Waals surface area (Å²) in [6, 6.07) is 2.69. The largest absolute Gasteiger partial charge is 0.354 e. The van der Waals surface area contributed by atoms with Crippen molar-refractivity contribution in [2.75, 3.05) is 11.4 Å². The summed E-state index contributed by atoms with van der Waals surface area (Å²) in [6.45, 7) is 13.0. The van der Waals surface area contributed by atoms with Crippen LogP contribution in [0.4, 0.5) is 5.82 Å². The van der Waals surface area contributed by atoms with E-state index in [2.05, 4.69) is 55.9 Å². The Morgan fingerprint density at radius 2 is 2.10 bits per heavy atom. The zero-order valence-electron chi connectivity index (χ0n) is 13.9. The van der Waals surface area contributed by atoms with Gasteiger partial charge in [-0.1, -0.05) is 18.5 Å². The van der Waals surface area contributed by atoms with Gasteiger partial charge in [-0.25, -0.2) is 4.98 Å². The third-order valence-electron chi connectivity index (χ3n) is 4.16. The minimum Gasteiger partial charge on any atom is -0.354 e. The van der Waals surface area contributed by atoms with E-state index in [0.717, 1.165) is 35.4 Å². The van der Waals surface area contributed by atoms with E-state index in [1.54, 1.807) is 6.20 Å². The summed E-state index contributed by atoms with van der Waals surface area (Å²) in [6.07, 6.45) is 4.27. The van der Waals surface area contributed by atoms with E-state index in [1.165, 1.54) is 12.8 Å². The molecule has 0 aromatic carbocycles. The van der Waals surface area contributed by atoms with Gasteiger partial charge >= 0.3 is 0 Å². The fraction of sp³-hybridized carbons (Fsp3) is 0.706. The number of nitrogens with zero attached hydrogens (tertiary/aromatic N) is 2. The van der Waals surface area contributed by atoms with E-state index < -0.39 is 0 Å². The van der Waals surface area contributed by atoms with Crippen LogP contribution in [0.2, 0.25) is 5.02 Å². The molecule has 4 heteroatoms. The van der Waals surface area contributed by atoms with Crippen LogP contribution < -0.4 is 10.2 Å². The first-order chi connectivity index (χ1) is 9.76. The number of piperidine rings is 1. The summed E-state index contributed by atoms with van der Waals surface area (Å²) < 4.78 is 0. The number of halogens is 1. The van der Waals surface area contributed by atoms with E-state index in [0.29, 0.717) is 6.04 Å². The molecule has 3 nitrogen and oxygen atoms in total. The number of pyridine rings is 1. The van der Waals surface area contributed by atoms with Crippen LogP contribution in [0, 0.1) is 5.92 Å². The number of hydrogen-bond acceptors (Lipinski definition) is 3. The lowest BCUT2D eigenvalue weighted by atomic mass is 9.93. The number of anilines is 1. The second-order valence-electron chi connectivity index (χ2n) is 7.41. The van der Waals surface area contributed by atoms with Crippen LogP contribution in [0.25, 0.3) is 0 Å². The summed E-state index contributed by atoms with van der Waals surface area (Å²) >= 11 is 6.30. The molecular formula is C17H28ClN3. The zero-order chi connectivity index (χ0) is 15.6. The summed E-state index contributed by atoms with van der Waals surface area (Å²) in [5.41, 5.74) is 1.21. The summed E-state index contributed by atoms with van der Waals surface area (Å²) in [5, 5.41) is 4.24. The highest BCUT2D eigenvalue weighted by Gasteiger charge is 2.24. The number of nitrogens with one attached hydrogen (secondary N) is 1. The second-order valence-corrected chi connectivity index (χ2v) is 7.82. The van der Waals surface area contributed by atoms with E-state index in [1.807, 2.05) is 0 Å². The van der Waals surface area contributed by atoms with Gasteiger partial charge < -0.3 is 10.2 Å². The maximum atomic E-state index is 6.30. The predicted molar refractivity (Wildman–Crippen MR) is 91.0 cm³/mol. The number of aromatic nitrogens is 1. The zero-order valence-corrected chi connectivity index (χ0v) is 14.7. The van der Waals surface area contributed by atoms with Crippen LogP contribution in [0.1, 0.15) is 53.0 Å². The van der Waals surface area contributed by atoms with Gasteiger partial charge in [-0.3, -0.25) is 0 Å². The highest BCUT2D eigenvalue weighted by molar-refractivity contribution is 6.31. The third kappa shape index (κ3) is 4.58. The lowest BCUT2D eigenvalue weighted by molar-refractivity contribution is 0.376. The molecule has 0 radical (unpaired) electrons. The van der Waals surface area contributed by atoms with Crippen molar-refractivity contribution in [2.24, 2.45) is 5.92 Å². The van der Waals surface area contributed by atoms with Gasteiger partial charge in [0.1, 0.15) is 5.82 Å². The minimum atomic E-state index is 0.0839. The third-order valence-corrected chi connectivity index (χ3v) is 4.50. The van der Waals surface area contributed by atoms with E-state index in [9.17, 15) is 0 Å². The fourth-order valence-corrected chi connectivity index (χ4v) is 3.04. The molecule has 1 saturated heterocycles. The Kier molecular flexibility index (Phi) is 5.15. The Hall–Kier alpha value is -0.800. The van der Waals surface area contributed by atoms with Crippen molar-refractivity contribution >= 4 is 17.4 Å². The van der Waals surface area contributed by atoms with Crippen molar-refractivity contribution in [1.29, 1.82) is 0 Å². The number of rotatable bonds is 3. The molecule has 1 N–H and O–H groups in total. The minimum absolute atomic E-state index is 0.0839. The lowest BCUT2D eigenvalue weighted by Crippen LogP contribution is -2.41. The monoisotopic (exact) mass is 309 g/mol. The van der Waals surface area contributed by atoms with Crippen molar-refractivity contribution in [1.82, 2.24) is 10.3 Å². The van der Waals surface area contributed by atoms with Crippen molar-refractivity contribution in [2.45, 2.75) is 65.6 Å². The first kappa shape index (κ1) is 16.6. The fourth-order valence-electron chi connectivity index (χ4n) is 2.87. The average Bonchev–Trinajstić information content (AvgIpc) is 2.37. The molecule has 21 heavy (non-hydrogen) atoms. The Morgan fingerprint density at radius 3 is 2.71 bits per heavy atom. The van der Waals surface area contributed by atoms with Crippen molar-refractivity contribution in [3.05, 3.63) is 22.8 Å². The van der Waals surface area contributed by atoms with Gasteiger partial charge in [-0.2, -0.15) is 0 Å². The van der Waals surface area contributed by atoms with Gasteiger partial charge in [-0.15, -0.1) is 0 Å². The molecule has 0 aliphatic carbocycles. The molecule has 118 valence electrons. The molecule has 1 aliphatic rings. The maximum absolute atomic E-state index is 6.30. The van der Waals surface area contributed by atoms with Crippen LogP contribution in [0.5, 0.6) is 0 Å². The van der Waals surface area contributed by atoms with Crippen molar-refractivity contribution < 1.29 is 0 Å². The molecule has 2 rings (SSSR count). The quantitative estimate of drug-likeness (QED) is 0.905. The SMILES string of the molecule is CC1CCN(c2cc(CNC(C)(C)C)c(Cl)cn2)C(C)C1. The Bertz CT molecular complexity index is 481. The summed E-state index contributed by atoms with van der Waals surface area (Å²) in [5.74, 6) is 1.87. The van der Waals surface area contributed by atoms with E-state index in [-0.39, 0.29) is 5.54 Å². The number of hydrogen-bond donors (Lipinski definition) is 1. The van der Waals surface area contributed by atoms with Gasteiger partial charge in [0.25, 0.3) is 0 Å². The molecule has 0 amide bonds. The topological polar surface area (TPSA) is 28.2 Å². The molecule has 0 spiro atoms. The molecule has 1 aromatic heterocycles. The Balaban J connectivity index is 2.14. The molecule has 2 atom stereocenters. The Labute approximate surface area is 134 Å². The van der Waals surface area contributed by atoms with Gasteiger partial charge in [0, 0.05) is 30.9 Å². The molecule has 2 unspecified atom stereocenters. The molecule has 1 aromatic rings. The normalized spacial score (nSPS) is 23.4. The van der Waals surface area contributed by atoms with Crippen LogP contribution in [-0.2, 0) is 6.54 Å². The molecular weight excluding hydrogens is 282 g/mol. The standard InChI is InChI=1S/C17H28ClN3/c1-12-6-7-21(13(2)8-12)16-9-14(15(18)11-19-16)10-20-17(3,4)5/h9,11-13,20H,6-8,10H2,1-5H3. The molecule has 0 bridgehead atoms. The second kappa shape index (κ2) is 6.53. The van der Waals surface area contributed by atoms with E-state index in [4.69, 9.17) is 11.6 Å². The van der Waals surface area contributed by atoms with Gasteiger partial charge in [0.05, 0.1) is 5.02 Å². The van der Waals surface area contributed by atoms with Gasteiger partial charge in [-0.05, 0) is 58.1 Å². The Morgan fingerprint density at radius 1 is 1.38 bits per heavy atom. The lowest BCUT2D eigenvalue weighted by Gasteiger charge is -2.37. The van der Waals surface area contributed by atoms with Crippen LogP contribution in [0.15, 0.2) is 12.3 Å². The van der Waals surface area contributed by atoms with Crippen molar-refractivity contribution in [3.63, 3.8) is 0 Å². The molecule has 0 saturated carbocycles. The smallest absolute Gasteiger partial charge is 0.129 e. The van der Waals surface area contributed by atoms with Crippen LogP contribution in [-0.4, -0.2) is 23.1 Å². The summed E-state index contributed by atoms with van der Waals surface area (Å²) in [4.78, 5) is 6.96. The average molecular weight is 310 g/mol. The highest BCUT2D eigenvalue weighted by atomic mass is 35.5. The van der Waals surface area contributed by atoms with Crippen LogP contribution >= 0.6 is 11.6 Å². The predicted octanol–water partition coefficient (Wildman–Crippen LogP) is 4.25. The van der Waals surface area contributed by atoms with Crippen LogP contribution in [0.3, 0.4) is 0 Å². The molecule has 2 heterocycles. The maximum Gasteiger partial charge on any atom is 0.129 e. The first-order valence-corrected chi connectivity index (χ1v) is 8.30. The summed E-state index contributed by atoms with van der Waals surface area (Å²) in [7, 11) is 0. The highest BCUT2D eigenvalue weighted by Crippen LogP contribution is 2.28. The molecule has 1 fully saturated rings. The van der Waals surface area contributed by atoms with Gasteiger partial charge in [0.2, 0.25) is 0 Å². The van der Waals surface area contributed by atoms with E-state index >= 15 is 0 Å². The van der Waals surface area contributed by atoms with Crippen molar-refractivity contribution in [3.8, 4) is 0 Å². The first-order valence-electron chi connectivity index (χ1n) is 7.92.